The van der Waals surface area contributed by atoms with Crippen molar-refractivity contribution in [1.29, 1.82) is 0 Å². The number of carbonyl (C=O) groups excluding carboxylic acids is 1. The molecule has 1 aliphatic heterocycles. The summed E-state index contributed by atoms with van der Waals surface area (Å²) in [7, 11) is 0. The third kappa shape index (κ3) is 7.12. The molecule has 1 unspecified atom stereocenters. The van der Waals surface area contributed by atoms with E-state index in [4.69, 9.17) is 0 Å². The van der Waals surface area contributed by atoms with Crippen molar-refractivity contribution >= 4 is 16.8 Å². The fourth-order valence-corrected chi connectivity index (χ4v) is 4.99. The quantitative estimate of drug-likeness (QED) is 0.418. The van der Waals surface area contributed by atoms with Crippen molar-refractivity contribution < 1.29 is 9.90 Å². The first kappa shape index (κ1) is 24.4. The molecule has 0 saturated carbocycles. The molecule has 2 aromatic carbocycles. The van der Waals surface area contributed by atoms with E-state index < -0.39 is 6.10 Å². The molecule has 0 aliphatic carbocycles. The molecule has 1 saturated heterocycles. The van der Waals surface area contributed by atoms with Gasteiger partial charge in [0.15, 0.2) is 0 Å². The summed E-state index contributed by atoms with van der Waals surface area (Å²) in [6, 6.07) is 20.7. The predicted molar refractivity (Wildman–Crippen MR) is 138 cm³/mol. The Morgan fingerprint density at radius 3 is 2.82 bits per heavy atom. The van der Waals surface area contributed by atoms with Crippen molar-refractivity contribution in [3.63, 3.8) is 0 Å². The van der Waals surface area contributed by atoms with Crippen molar-refractivity contribution in [2.75, 3.05) is 26.2 Å². The summed E-state index contributed by atoms with van der Waals surface area (Å²) in [6.45, 7) is 3.07. The van der Waals surface area contributed by atoms with Gasteiger partial charge in [-0.15, -0.1) is 0 Å². The molecule has 180 valence electrons. The van der Waals surface area contributed by atoms with Crippen LogP contribution >= 0.6 is 0 Å². The second-order valence-corrected chi connectivity index (χ2v) is 9.51. The summed E-state index contributed by atoms with van der Waals surface area (Å²) in [4.78, 5) is 19.4. The van der Waals surface area contributed by atoms with Crippen LogP contribution in [-0.4, -0.2) is 53.2 Å². The number of nitrogens with one attached hydrogen (secondary N) is 1. The molecule has 5 heteroatoms. The highest BCUT2D eigenvalue weighted by Gasteiger charge is 2.26. The van der Waals surface area contributed by atoms with Gasteiger partial charge >= 0.3 is 0 Å². The molecule has 0 radical (unpaired) electrons. The van der Waals surface area contributed by atoms with Crippen LogP contribution in [0.2, 0.25) is 0 Å². The maximum Gasteiger partial charge on any atom is 0.224 e. The zero-order valence-electron chi connectivity index (χ0n) is 20.0. The molecule has 1 aromatic heterocycles. The number of benzene rings is 2. The van der Waals surface area contributed by atoms with Gasteiger partial charge in [-0.05, 0) is 74.8 Å². The highest BCUT2D eigenvalue weighted by molar-refractivity contribution is 5.82. The molecule has 2 atom stereocenters. The second kappa shape index (κ2) is 12.6. The minimum atomic E-state index is -0.397. The number of aliphatic hydroxyl groups excluding tert-OH is 1. The average molecular weight is 460 g/mol. The van der Waals surface area contributed by atoms with E-state index in [0.717, 1.165) is 69.1 Å². The van der Waals surface area contributed by atoms with Gasteiger partial charge in [0, 0.05) is 31.2 Å². The average Bonchev–Trinajstić information content (AvgIpc) is 2.88. The first-order valence-electron chi connectivity index (χ1n) is 12.7. The minimum Gasteiger partial charge on any atom is -0.392 e. The van der Waals surface area contributed by atoms with Gasteiger partial charge in [-0.2, -0.15) is 0 Å². The number of likely N-dealkylation sites (tertiary alicyclic amines) is 1. The Kier molecular flexibility index (Phi) is 9.05. The molecular weight excluding hydrogens is 422 g/mol. The van der Waals surface area contributed by atoms with Gasteiger partial charge in [0.2, 0.25) is 5.91 Å². The molecule has 1 fully saturated rings. The van der Waals surface area contributed by atoms with Gasteiger partial charge in [-0.3, -0.25) is 14.7 Å². The van der Waals surface area contributed by atoms with E-state index in [1.165, 1.54) is 11.1 Å². The van der Waals surface area contributed by atoms with Crippen LogP contribution in [0.5, 0.6) is 0 Å². The Hall–Kier alpha value is -2.76. The van der Waals surface area contributed by atoms with Crippen LogP contribution in [-0.2, 0) is 17.6 Å². The van der Waals surface area contributed by atoms with Gasteiger partial charge in [-0.1, -0.05) is 48.5 Å². The van der Waals surface area contributed by atoms with E-state index in [1.54, 1.807) is 0 Å². The highest BCUT2D eigenvalue weighted by Crippen LogP contribution is 2.20. The normalized spacial score (nSPS) is 17.5. The molecule has 5 nitrogen and oxygen atoms in total. The molecule has 2 N–H and O–H groups in total. The number of nitrogens with zero attached hydrogens (tertiary/aromatic N) is 2. The summed E-state index contributed by atoms with van der Waals surface area (Å²) < 4.78 is 0. The Morgan fingerprint density at radius 1 is 1.06 bits per heavy atom. The molecule has 4 rings (SSSR count). The molecule has 0 spiro atoms. The molecule has 0 bridgehead atoms. The largest absolute Gasteiger partial charge is 0.392 e. The van der Waals surface area contributed by atoms with Crippen LogP contribution in [0.1, 0.15) is 43.2 Å². The van der Waals surface area contributed by atoms with Crippen LogP contribution < -0.4 is 5.32 Å². The maximum absolute atomic E-state index is 12.7. The smallest absolute Gasteiger partial charge is 0.224 e. The Balaban J connectivity index is 1.16. The molecule has 34 heavy (non-hydrogen) atoms. The first-order valence-corrected chi connectivity index (χ1v) is 12.7. The first-order chi connectivity index (χ1) is 16.7. The molecule has 1 amide bonds. The Labute approximate surface area is 203 Å². The van der Waals surface area contributed by atoms with Crippen molar-refractivity contribution in [3.8, 4) is 0 Å². The van der Waals surface area contributed by atoms with E-state index in [9.17, 15) is 9.90 Å². The van der Waals surface area contributed by atoms with Gasteiger partial charge in [0.25, 0.3) is 0 Å². The monoisotopic (exact) mass is 459 g/mol. The number of rotatable bonds is 11. The van der Waals surface area contributed by atoms with Gasteiger partial charge in [0.05, 0.1) is 17.5 Å². The fraction of sp³-hybridized carbons (Fsp3) is 0.448. The number of aliphatic hydroxyl groups is 1. The highest BCUT2D eigenvalue weighted by atomic mass is 16.3. The lowest BCUT2D eigenvalue weighted by Crippen LogP contribution is -2.45. The van der Waals surface area contributed by atoms with Crippen molar-refractivity contribution in [1.82, 2.24) is 15.2 Å². The molecule has 1 aliphatic rings. The SMILES string of the molecule is O=C(NCCCCc1ccccc1)C1CCCN(C[C@@H](O)CCc2cccc3ncccc23)C1. The van der Waals surface area contributed by atoms with E-state index in [2.05, 4.69) is 51.6 Å². The van der Waals surface area contributed by atoms with Crippen LogP contribution in [0.25, 0.3) is 10.9 Å². The number of pyridine rings is 1. The predicted octanol–water partition coefficient (Wildman–Crippen LogP) is 4.38. The molecule has 3 aromatic rings. The number of aryl methyl sites for hydroxylation is 2. The number of β-amino-alcohol motifs (C(OH)–C–C–N with tert-alkyl or cyclic N) is 1. The number of piperidine rings is 1. The standard InChI is InChI=1S/C29H37N3O2/c33-26(17-16-24-12-6-15-28-27(24)14-7-19-30-28)22-32-20-8-13-25(21-32)29(34)31-18-5-4-11-23-9-2-1-3-10-23/h1-3,6-7,9-10,12,14-15,19,25-26,33H,4-5,8,11,13,16-18,20-22H2,(H,31,34)/t25?,26-/m0/s1. The summed E-state index contributed by atoms with van der Waals surface area (Å²) in [5, 5.41) is 15.0. The van der Waals surface area contributed by atoms with E-state index in [0.29, 0.717) is 13.0 Å². The third-order valence-electron chi connectivity index (χ3n) is 6.86. The van der Waals surface area contributed by atoms with E-state index in [1.807, 2.05) is 30.5 Å². The Bertz CT molecular complexity index is 1030. The Morgan fingerprint density at radius 2 is 1.94 bits per heavy atom. The summed E-state index contributed by atoms with van der Waals surface area (Å²) >= 11 is 0. The lowest BCUT2D eigenvalue weighted by atomic mass is 9.96. The number of unbranched alkanes of at least 4 members (excludes halogenated alkanes) is 1. The lowest BCUT2D eigenvalue weighted by molar-refractivity contribution is -0.126. The number of aromatic nitrogens is 1. The van der Waals surface area contributed by atoms with Gasteiger partial charge in [0.1, 0.15) is 0 Å². The van der Waals surface area contributed by atoms with Crippen molar-refractivity contribution in [2.24, 2.45) is 5.92 Å². The topological polar surface area (TPSA) is 65.5 Å². The van der Waals surface area contributed by atoms with Crippen LogP contribution in [0.4, 0.5) is 0 Å². The number of amides is 1. The summed E-state index contributed by atoms with van der Waals surface area (Å²) in [5.41, 5.74) is 3.58. The summed E-state index contributed by atoms with van der Waals surface area (Å²) in [5.74, 6) is 0.196. The number of fused-ring (bicyclic) bond motifs is 1. The number of hydrogen-bond acceptors (Lipinski definition) is 4. The number of hydrogen-bond donors (Lipinski definition) is 2. The molecular formula is C29H37N3O2. The van der Waals surface area contributed by atoms with E-state index in [-0.39, 0.29) is 11.8 Å². The van der Waals surface area contributed by atoms with Crippen LogP contribution in [0.3, 0.4) is 0 Å². The second-order valence-electron chi connectivity index (χ2n) is 9.51. The minimum absolute atomic E-state index is 0.0271. The third-order valence-corrected chi connectivity index (χ3v) is 6.86. The lowest BCUT2D eigenvalue weighted by Gasteiger charge is -2.33. The van der Waals surface area contributed by atoms with Crippen molar-refractivity contribution in [2.45, 2.75) is 51.0 Å². The maximum atomic E-state index is 12.7. The van der Waals surface area contributed by atoms with Gasteiger partial charge < -0.3 is 10.4 Å². The van der Waals surface area contributed by atoms with Crippen molar-refractivity contribution in [3.05, 3.63) is 78.0 Å². The zero-order chi connectivity index (χ0) is 23.6. The van der Waals surface area contributed by atoms with Crippen LogP contribution in [0.15, 0.2) is 66.9 Å². The van der Waals surface area contributed by atoms with E-state index >= 15 is 0 Å². The summed E-state index contributed by atoms with van der Waals surface area (Å²) in [6.07, 6.45) is 8.04. The van der Waals surface area contributed by atoms with Gasteiger partial charge in [-0.25, -0.2) is 0 Å². The fourth-order valence-electron chi connectivity index (χ4n) is 4.99. The number of carbonyl (C=O) groups is 1. The van der Waals surface area contributed by atoms with Crippen LogP contribution in [0, 0.1) is 5.92 Å². The zero-order valence-corrected chi connectivity index (χ0v) is 20.0. The molecule has 2 heterocycles.